The summed E-state index contributed by atoms with van der Waals surface area (Å²) < 4.78 is 5.44. The molecule has 0 amide bonds. The number of hydrogen-bond acceptors (Lipinski definition) is 3. The van der Waals surface area contributed by atoms with E-state index in [1.54, 1.807) is 0 Å². The van der Waals surface area contributed by atoms with E-state index >= 15 is 0 Å². The van der Waals surface area contributed by atoms with Crippen LogP contribution in [0.25, 0.3) is 0 Å². The minimum atomic E-state index is -0.859. The quantitative estimate of drug-likeness (QED) is 0.715. The summed E-state index contributed by atoms with van der Waals surface area (Å²) in [5.74, 6) is 0.806. The van der Waals surface area contributed by atoms with Gasteiger partial charge in [-0.25, -0.2) is 0 Å². The first-order valence-electron chi connectivity index (χ1n) is 6.26. The van der Waals surface area contributed by atoms with Crippen LogP contribution in [0.2, 0.25) is 0 Å². The standard InChI is InChI=1S/C14H23NO2/c1-4-9-15-11-14(3,16)12-7-6-8-13(10-12)17-5-2/h6-8,10,15-16H,4-5,9,11H2,1-3H3. The van der Waals surface area contributed by atoms with Crippen LogP contribution in [0.1, 0.15) is 32.8 Å². The first-order chi connectivity index (χ1) is 8.10. The van der Waals surface area contributed by atoms with E-state index in [1.165, 1.54) is 0 Å². The average Bonchev–Trinajstić information content (AvgIpc) is 2.30. The second-order valence-corrected chi connectivity index (χ2v) is 4.41. The lowest BCUT2D eigenvalue weighted by atomic mass is 9.96. The van der Waals surface area contributed by atoms with Gasteiger partial charge in [0.15, 0.2) is 0 Å². The van der Waals surface area contributed by atoms with Gasteiger partial charge in [-0.1, -0.05) is 19.1 Å². The van der Waals surface area contributed by atoms with Gasteiger partial charge in [0.05, 0.1) is 12.2 Å². The minimum Gasteiger partial charge on any atom is -0.494 e. The van der Waals surface area contributed by atoms with Crippen molar-refractivity contribution >= 4 is 0 Å². The Labute approximate surface area is 104 Å². The third kappa shape index (κ3) is 4.36. The summed E-state index contributed by atoms with van der Waals surface area (Å²) in [6.45, 7) is 7.99. The summed E-state index contributed by atoms with van der Waals surface area (Å²) in [7, 11) is 0. The van der Waals surface area contributed by atoms with E-state index in [4.69, 9.17) is 4.74 Å². The third-order valence-corrected chi connectivity index (χ3v) is 2.66. The molecule has 96 valence electrons. The van der Waals surface area contributed by atoms with Crippen molar-refractivity contribution in [3.8, 4) is 5.75 Å². The van der Waals surface area contributed by atoms with E-state index in [0.29, 0.717) is 13.2 Å². The number of ether oxygens (including phenoxy) is 1. The lowest BCUT2D eigenvalue weighted by Gasteiger charge is -2.24. The predicted octanol–water partition coefficient (Wildman–Crippen LogP) is 2.29. The van der Waals surface area contributed by atoms with Crippen molar-refractivity contribution in [1.29, 1.82) is 0 Å². The van der Waals surface area contributed by atoms with Crippen molar-refractivity contribution in [2.75, 3.05) is 19.7 Å². The Morgan fingerprint density at radius 3 is 2.76 bits per heavy atom. The van der Waals surface area contributed by atoms with Gasteiger partial charge in [0.2, 0.25) is 0 Å². The molecule has 0 saturated carbocycles. The van der Waals surface area contributed by atoms with Crippen molar-refractivity contribution in [3.63, 3.8) is 0 Å². The topological polar surface area (TPSA) is 41.5 Å². The molecular weight excluding hydrogens is 214 g/mol. The zero-order valence-electron chi connectivity index (χ0n) is 11.0. The van der Waals surface area contributed by atoms with E-state index in [2.05, 4.69) is 12.2 Å². The maximum absolute atomic E-state index is 10.4. The van der Waals surface area contributed by atoms with E-state index in [-0.39, 0.29) is 0 Å². The van der Waals surface area contributed by atoms with E-state index in [9.17, 15) is 5.11 Å². The maximum atomic E-state index is 10.4. The Morgan fingerprint density at radius 1 is 1.35 bits per heavy atom. The van der Waals surface area contributed by atoms with Gasteiger partial charge < -0.3 is 15.2 Å². The molecule has 0 aromatic heterocycles. The summed E-state index contributed by atoms with van der Waals surface area (Å²) >= 11 is 0. The Morgan fingerprint density at radius 2 is 2.12 bits per heavy atom. The monoisotopic (exact) mass is 237 g/mol. The van der Waals surface area contributed by atoms with Crippen molar-refractivity contribution in [2.45, 2.75) is 32.8 Å². The molecule has 1 aromatic carbocycles. The highest BCUT2D eigenvalue weighted by atomic mass is 16.5. The number of benzene rings is 1. The number of nitrogens with one attached hydrogen (secondary N) is 1. The second-order valence-electron chi connectivity index (χ2n) is 4.41. The zero-order valence-corrected chi connectivity index (χ0v) is 11.0. The fraction of sp³-hybridized carbons (Fsp3) is 0.571. The van der Waals surface area contributed by atoms with Gasteiger partial charge in [-0.15, -0.1) is 0 Å². The van der Waals surface area contributed by atoms with Crippen molar-refractivity contribution in [2.24, 2.45) is 0 Å². The molecule has 17 heavy (non-hydrogen) atoms. The van der Waals surface area contributed by atoms with Crippen LogP contribution in [0.15, 0.2) is 24.3 Å². The Balaban J connectivity index is 2.71. The molecule has 3 heteroatoms. The maximum Gasteiger partial charge on any atom is 0.119 e. The summed E-state index contributed by atoms with van der Waals surface area (Å²) in [6.07, 6.45) is 1.06. The molecule has 0 aliphatic carbocycles. The van der Waals surface area contributed by atoms with Gasteiger partial charge in [-0.2, -0.15) is 0 Å². The Kier molecular flexibility index (Phi) is 5.45. The Bertz CT molecular complexity index is 337. The molecule has 0 heterocycles. The predicted molar refractivity (Wildman–Crippen MR) is 70.3 cm³/mol. The van der Waals surface area contributed by atoms with Crippen LogP contribution in [0.3, 0.4) is 0 Å². The molecule has 0 fully saturated rings. The van der Waals surface area contributed by atoms with Crippen molar-refractivity contribution in [3.05, 3.63) is 29.8 Å². The summed E-state index contributed by atoms with van der Waals surface area (Å²) in [5, 5.41) is 13.6. The van der Waals surface area contributed by atoms with Crippen molar-refractivity contribution in [1.82, 2.24) is 5.32 Å². The van der Waals surface area contributed by atoms with Crippen LogP contribution in [0, 0.1) is 0 Å². The Hall–Kier alpha value is -1.06. The van der Waals surface area contributed by atoms with Gasteiger partial charge in [-0.3, -0.25) is 0 Å². The normalized spacial score (nSPS) is 14.4. The smallest absolute Gasteiger partial charge is 0.119 e. The molecule has 1 rings (SSSR count). The number of aliphatic hydroxyl groups is 1. The first kappa shape index (κ1) is 14.0. The van der Waals surface area contributed by atoms with E-state index in [0.717, 1.165) is 24.3 Å². The molecule has 1 atom stereocenters. The molecule has 0 spiro atoms. The van der Waals surface area contributed by atoms with Crippen LogP contribution < -0.4 is 10.1 Å². The van der Waals surface area contributed by atoms with Crippen molar-refractivity contribution < 1.29 is 9.84 Å². The molecule has 0 aliphatic rings. The van der Waals surface area contributed by atoms with Crippen LogP contribution >= 0.6 is 0 Å². The average molecular weight is 237 g/mol. The molecular formula is C14H23NO2. The van der Waals surface area contributed by atoms with E-state index in [1.807, 2.05) is 38.1 Å². The molecule has 1 aromatic rings. The number of rotatable bonds is 7. The van der Waals surface area contributed by atoms with E-state index < -0.39 is 5.60 Å². The van der Waals surface area contributed by atoms with Gasteiger partial charge in [-0.05, 0) is 44.5 Å². The summed E-state index contributed by atoms with van der Waals surface area (Å²) in [6, 6.07) is 7.64. The summed E-state index contributed by atoms with van der Waals surface area (Å²) in [4.78, 5) is 0. The highest BCUT2D eigenvalue weighted by Gasteiger charge is 2.22. The molecule has 0 bridgehead atoms. The summed E-state index contributed by atoms with van der Waals surface area (Å²) in [5.41, 5.74) is 0.0227. The minimum absolute atomic E-state index is 0.552. The number of hydrogen-bond donors (Lipinski definition) is 2. The SMILES string of the molecule is CCCNCC(C)(O)c1cccc(OCC)c1. The highest BCUT2D eigenvalue weighted by molar-refractivity contribution is 5.32. The molecule has 1 unspecified atom stereocenters. The van der Waals surface area contributed by atoms with Crippen LogP contribution in [0.4, 0.5) is 0 Å². The fourth-order valence-corrected chi connectivity index (χ4v) is 1.70. The molecule has 0 radical (unpaired) electrons. The lowest BCUT2D eigenvalue weighted by molar-refractivity contribution is 0.0569. The zero-order chi connectivity index (χ0) is 12.7. The first-order valence-corrected chi connectivity index (χ1v) is 6.26. The molecule has 0 saturated heterocycles. The largest absolute Gasteiger partial charge is 0.494 e. The fourth-order valence-electron chi connectivity index (χ4n) is 1.70. The van der Waals surface area contributed by atoms with Gasteiger partial charge in [0.25, 0.3) is 0 Å². The molecule has 3 nitrogen and oxygen atoms in total. The van der Waals surface area contributed by atoms with Crippen LogP contribution in [0.5, 0.6) is 5.75 Å². The highest BCUT2D eigenvalue weighted by Crippen LogP contribution is 2.23. The van der Waals surface area contributed by atoms with Gasteiger partial charge >= 0.3 is 0 Å². The van der Waals surface area contributed by atoms with Crippen LogP contribution in [-0.4, -0.2) is 24.8 Å². The lowest BCUT2D eigenvalue weighted by Crippen LogP contribution is -2.35. The second kappa shape index (κ2) is 6.62. The van der Waals surface area contributed by atoms with Gasteiger partial charge in [0.1, 0.15) is 5.75 Å². The van der Waals surface area contributed by atoms with Gasteiger partial charge in [0, 0.05) is 6.54 Å². The molecule has 0 aliphatic heterocycles. The van der Waals surface area contributed by atoms with Crippen LogP contribution in [-0.2, 0) is 5.60 Å². The molecule has 2 N–H and O–H groups in total. The third-order valence-electron chi connectivity index (χ3n) is 2.66.